The predicted octanol–water partition coefficient (Wildman–Crippen LogP) is 0.604. The van der Waals surface area contributed by atoms with Gasteiger partial charge in [0, 0.05) is 13.4 Å². The molecule has 0 aromatic carbocycles. The van der Waals surface area contributed by atoms with Gasteiger partial charge in [0.2, 0.25) is 0 Å². The largest absolute Gasteiger partial charge is 0.393 e. The molecule has 3 atom stereocenters. The second kappa shape index (κ2) is 2.21. The van der Waals surface area contributed by atoms with Crippen molar-refractivity contribution in [1.82, 2.24) is 4.90 Å². The van der Waals surface area contributed by atoms with E-state index in [4.69, 9.17) is 1.37 Å². The van der Waals surface area contributed by atoms with Crippen LogP contribution in [0.4, 0.5) is 0 Å². The van der Waals surface area contributed by atoms with E-state index in [1.54, 1.807) is 0 Å². The molecule has 58 valence electrons. The van der Waals surface area contributed by atoms with Gasteiger partial charge >= 0.3 is 0 Å². The van der Waals surface area contributed by atoms with Gasteiger partial charge < -0.3 is 10.0 Å². The van der Waals surface area contributed by atoms with E-state index in [0.717, 1.165) is 19.3 Å². The zero-order valence-corrected chi connectivity index (χ0v) is 6.38. The lowest BCUT2D eigenvalue weighted by Gasteiger charge is -2.33. The van der Waals surface area contributed by atoms with Gasteiger partial charge in [-0.3, -0.25) is 0 Å². The number of aliphatic hydroxyl groups is 1. The van der Waals surface area contributed by atoms with Gasteiger partial charge in [-0.25, -0.2) is 0 Å². The molecule has 3 unspecified atom stereocenters. The third kappa shape index (κ3) is 0.867. The van der Waals surface area contributed by atoms with Crippen LogP contribution < -0.4 is 0 Å². The van der Waals surface area contributed by atoms with Crippen molar-refractivity contribution in [1.29, 1.82) is 0 Å². The molecule has 2 bridgehead atoms. The number of fused-ring (bicyclic) bond motifs is 2. The van der Waals surface area contributed by atoms with Gasteiger partial charge in [0.25, 0.3) is 0 Å². The van der Waals surface area contributed by atoms with Crippen LogP contribution in [0.5, 0.6) is 0 Å². The molecule has 0 saturated carbocycles. The lowest BCUT2D eigenvalue weighted by Crippen LogP contribution is -2.41. The minimum absolute atomic E-state index is 0.226. The van der Waals surface area contributed by atoms with Crippen LogP contribution in [0.2, 0.25) is 0 Å². The smallest absolute Gasteiger partial charge is 0.0570 e. The normalized spacial score (nSPS) is 56.8. The van der Waals surface area contributed by atoms with Gasteiger partial charge in [-0.05, 0) is 32.7 Å². The number of hydrogen-bond acceptors (Lipinski definition) is 2. The monoisotopic (exact) mass is 143 g/mol. The van der Waals surface area contributed by atoms with Gasteiger partial charge in [0.05, 0.1) is 6.10 Å². The summed E-state index contributed by atoms with van der Waals surface area (Å²) in [6.07, 6.45) is 3.32. The van der Waals surface area contributed by atoms with E-state index in [0.29, 0.717) is 12.5 Å². The molecule has 2 heteroatoms. The maximum absolute atomic E-state index is 9.43. The van der Waals surface area contributed by atoms with Crippen LogP contribution in [0.25, 0.3) is 0 Å². The highest BCUT2D eigenvalue weighted by molar-refractivity contribution is 4.93. The summed E-state index contributed by atoms with van der Waals surface area (Å²) in [5, 5.41) is 9.43. The Hall–Kier alpha value is -0.0800. The van der Waals surface area contributed by atoms with Crippen molar-refractivity contribution in [2.75, 3.05) is 7.05 Å². The molecule has 10 heavy (non-hydrogen) atoms. The Morgan fingerprint density at radius 3 is 3.00 bits per heavy atom. The molecule has 2 aliphatic heterocycles. The number of hydrogen-bond donors (Lipinski definition) is 1. The summed E-state index contributed by atoms with van der Waals surface area (Å²) >= 11 is 0. The van der Waals surface area contributed by atoms with Crippen molar-refractivity contribution in [3.8, 4) is 0 Å². The minimum atomic E-state index is -0.442. The third-order valence-corrected chi connectivity index (χ3v) is 2.83. The lowest BCUT2D eigenvalue weighted by atomic mass is 10.0. The summed E-state index contributed by atoms with van der Waals surface area (Å²) in [5.74, 6) is 0. The first kappa shape index (κ1) is 5.56. The van der Waals surface area contributed by atoms with Crippen LogP contribution in [0.3, 0.4) is 0 Å². The highest BCUT2D eigenvalue weighted by atomic mass is 16.3. The van der Waals surface area contributed by atoms with Crippen molar-refractivity contribution < 1.29 is 6.48 Å². The third-order valence-electron chi connectivity index (χ3n) is 2.83. The molecule has 0 radical (unpaired) electrons. The Kier molecular flexibility index (Phi) is 1.23. The fraction of sp³-hybridized carbons (Fsp3) is 1.00. The molecule has 1 N–H and O–H groups in total. The molecule has 2 saturated heterocycles. The first-order valence-electron chi connectivity index (χ1n) is 4.53. The van der Waals surface area contributed by atoms with Crippen LogP contribution >= 0.6 is 0 Å². The van der Waals surface area contributed by atoms with Gasteiger partial charge in [-0.15, -0.1) is 0 Å². The van der Waals surface area contributed by atoms with E-state index in [-0.39, 0.29) is 6.10 Å². The van der Waals surface area contributed by atoms with Gasteiger partial charge in [-0.1, -0.05) is 0 Å². The lowest BCUT2D eigenvalue weighted by molar-refractivity contribution is 0.0503. The second-order valence-corrected chi connectivity index (χ2v) is 3.46. The van der Waals surface area contributed by atoms with E-state index in [1.807, 2.05) is 7.05 Å². The number of aliphatic hydroxyl groups excluding tert-OH is 1. The summed E-state index contributed by atoms with van der Waals surface area (Å²) in [6, 6.07) is 0.0266. The average Bonchev–Trinajstić information content (AvgIpc) is 2.17. The van der Waals surface area contributed by atoms with E-state index in [9.17, 15) is 5.11 Å². The van der Waals surface area contributed by atoms with Crippen molar-refractivity contribution in [2.24, 2.45) is 0 Å². The number of rotatable bonds is 0. The molecular formula is C8H15NO. The van der Waals surface area contributed by atoms with Crippen LogP contribution in [-0.2, 0) is 0 Å². The standard InChI is InChI=1S/C8H15NO/c1-9-6-2-3-7(9)5-8(10)4-6/h6-8,10H,2-5H2,1H3/i6T. The molecule has 0 aromatic rings. The van der Waals surface area contributed by atoms with Gasteiger partial charge in [0.15, 0.2) is 0 Å². The van der Waals surface area contributed by atoms with Gasteiger partial charge in [0.1, 0.15) is 0 Å². The first-order chi connectivity index (χ1) is 5.12. The minimum Gasteiger partial charge on any atom is -0.393 e. The maximum Gasteiger partial charge on any atom is 0.0570 e. The fourth-order valence-corrected chi connectivity index (χ4v) is 2.15. The molecule has 0 amide bonds. The van der Waals surface area contributed by atoms with Crippen molar-refractivity contribution in [3.63, 3.8) is 0 Å². The Morgan fingerprint density at radius 1 is 1.50 bits per heavy atom. The van der Waals surface area contributed by atoms with Crippen LogP contribution in [0.15, 0.2) is 0 Å². The molecule has 0 aromatic heterocycles. The zero-order valence-electron chi connectivity index (χ0n) is 7.38. The van der Waals surface area contributed by atoms with Crippen molar-refractivity contribution in [2.45, 2.75) is 43.8 Å². The quantitative estimate of drug-likeness (QED) is 0.537. The summed E-state index contributed by atoms with van der Waals surface area (Å²) in [7, 11) is 2.01. The molecule has 2 fully saturated rings. The van der Waals surface area contributed by atoms with E-state index in [2.05, 4.69) is 4.90 Å². The summed E-state index contributed by atoms with van der Waals surface area (Å²) < 4.78 is 8.01. The molecule has 2 aliphatic rings. The van der Waals surface area contributed by atoms with Crippen LogP contribution in [0.1, 0.15) is 27.1 Å². The summed E-state index contributed by atoms with van der Waals surface area (Å²) in [5.41, 5.74) is 0. The molecule has 2 nitrogen and oxygen atoms in total. The van der Waals surface area contributed by atoms with E-state index >= 15 is 0 Å². The molecular weight excluding hydrogens is 126 g/mol. The average molecular weight is 143 g/mol. The first-order valence-corrected chi connectivity index (χ1v) is 4.03. The Bertz CT molecular complexity index is 175. The SMILES string of the molecule is [3H]C12CCC(CC(O)C1)N2C. The number of piperidine rings is 1. The molecule has 2 rings (SSSR count). The van der Waals surface area contributed by atoms with E-state index in [1.165, 1.54) is 0 Å². The van der Waals surface area contributed by atoms with E-state index < -0.39 is 6.02 Å². The summed E-state index contributed by atoms with van der Waals surface area (Å²) in [4.78, 5) is 2.12. The summed E-state index contributed by atoms with van der Waals surface area (Å²) in [6.45, 7) is 0. The highest BCUT2D eigenvalue weighted by Crippen LogP contribution is 2.33. The Labute approximate surface area is 63.2 Å². The van der Waals surface area contributed by atoms with Crippen molar-refractivity contribution >= 4 is 0 Å². The molecule has 0 spiro atoms. The maximum atomic E-state index is 9.43. The topological polar surface area (TPSA) is 23.5 Å². The number of nitrogens with zero attached hydrogens (tertiary/aromatic N) is 1. The zero-order chi connectivity index (χ0) is 8.06. The van der Waals surface area contributed by atoms with Crippen LogP contribution in [-0.4, -0.2) is 35.2 Å². The van der Waals surface area contributed by atoms with Crippen molar-refractivity contribution in [3.05, 3.63) is 0 Å². The molecule has 0 aliphatic carbocycles. The molecule has 2 heterocycles. The fourth-order valence-electron chi connectivity index (χ4n) is 2.15. The Balaban J connectivity index is 2.20. The predicted molar refractivity (Wildman–Crippen MR) is 39.8 cm³/mol. The van der Waals surface area contributed by atoms with Gasteiger partial charge in [-0.2, -0.15) is 0 Å². The van der Waals surface area contributed by atoms with Crippen LogP contribution in [0, 0.1) is 0 Å². The Morgan fingerprint density at radius 2 is 2.30 bits per heavy atom. The highest BCUT2D eigenvalue weighted by Gasteiger charge is 2.37. The second-order valence-electron chi connectivity index (χ2n) is 3.46.